The Hall–Kier alpha value is -5.80. The fourth-order valence-corrected chi connectivity index (χ4v) is 4.86. The number of amides is 2. The molecule has 10 nitrogen and oxygen atoms in total. The lowest BCUT2D eigenvalue weighted by molar-refractivity contribution is -0.672. The summed E-state index contributed by atoms with van der Waals surface area (Å²) in [6, 6.07) is 10.9. The van der Waals surface area contributed by atoms with Crippen molar-refractivity contribution in [3.8, 4) is 23.0 Å². The van der Waals surface area contributed by atoms with Crippen molar-refractivity contribution in [1.29, 1.82) is 0 Å². The van der Waals surface area contributed by atoms with E-state index in [0.717, 1.165) is 24.3 Å². The van der Waals surface area contributed by atoms with Crippen LogP contribution < -0.4 is 29.2 Å². The van der Waals surface area contributed by atoms with E-state index in [4.69, 9.17) is 9.47 Å². The van der Waals surface area contributed by atoms with Crippen molar-refractivity contribution in [3.63, 3.8) is 0 Å². The van der Waals surface area contributed by atoms with Crippen molar-refractivity contribution in [3.05, 3.63) is 108 Å². The number of halogens is 6. The van der Waals surface area contributed by atoms with Crippen LogP contribution in [0.1, 0.15) is 32.4 Å². The summed E-state index contributed by atoms with van der Waals surface area (Å²) in [5, 5.41) is 4.89. The Kier molecular flexibility index (Phi) is 8.93. The highest BCUT2D eigenvalue weighted by Crippen LogP contribution is 2.42. The van der Waals surface area contributed by atoms with Gasteiger partial charge in [-0.05, 0) is 60.7 Å². The van der Waals surface area contributed by atoms with Crippen molar-refractivity contribution >= 4 is 23.2 Å². The number of aryl methyl sites for hydroxylation is 4. The lowest BCUT2D eigenvalue weighted by atomic mass is 10.1. The van der Waals surface area contributed by atoms with Gasteiger partial charge < -0.3 is 20.1 Å². The molecule has 5 rings (SSSR count). The number of ether oxygens (including phenoxy) is 2. The van der Waals surface area contributed by atoms with Gasteiger partial charge in [-0.15, -0.1) is 0 Å². The van der Waals surface area contributed by atoms with E-state index < -0.39 is 46.8 Å². The molecule has 0 atom stereocenters. The van der Waals surface area contributed by atoms with Crippen LogP contribution in [0.4, 0.5) is 37.7 Å². The van der Waals surface area contributed by atoms with Gasteiger partial charge in [0.05, 0.1) is 28.2 Å². The van der Waals surface area contributed by atoms with Gasteiger partial charge in [-0.1, -0.05) is 0 Å². The zero-order valence-corrected chi connectivity index (χ0v) is 25.8. The molecule has 0 saturated heterocycles. The third-order valence-corrected chi connectivity index (χ3v) is 7.14. The molecule has 2 N–H and O–H groups in total. The van der Waals surface area contributed by atoms with Crippen molar-refractivity contribution in [1.82, 2.24) is 9.13 Å². The number of nitrogens with one attached hydrogen (secondary N) is 2. The summed E-state index contributed by atoms with van der Waals surface area (Å²) in [7, 11) is 6.46. The molecule has 3 aromatic carbocycles. The number of rotatable bonds is 8. The predicted molar refractivity (Wildman–Crippen MR) is 159 cm³/mol. The van der Waals surface area contributed by atoms with E-state index in [1.54, 1.807) is 53.0 Å². The van der Waals surface area contributed by atoms with Gasteiger partial charge in [0.25, 0.3) is 0 Å². The van der Waals surface area contributed by atoms with Gasteiger partial charge >= 0.3 is 35.8 Å². The second kappa shape index (κ2) is 12.8. The van der Waals surface area contributed by atoms with Crippen molar-refractivity contribution in [2.24, 2.45) is 28.2 Å². The molecular formula is C32H28F6N6O4+2. The van der Waals surface area contributed by atoms with Crippen LogP contribution in [-0.4, -0.2) is 20.9 Å². The van der Waals surface area contributed by atoms with Gasteiger partial charge in [0.15, 0.2) is 0 Å². The Bertz CT molecular complexity index is 1820. The highest BCUT2D eigenvalue weighted by atomic mass is 19.4. The number of anilines is 2. The number of carbonyl (C=O) groups excluding carboxylic acids is 2. The maximum Gasteiger partial charge on any atom is 0.420 e. The van der Waals surface area contributed by atoms with Gasteiger partial charge in [0.1, 0.15) is 58.9 Å². The number of nitrogens with zero attached hydrogens (tertiary/aromatic N) is 4. The number of hydrogen-bond acceptors (Lipinski definition) is 4. The van der Waals surface area contributed by atoms with Gasteiger partial charge in [-0.3, -0.25) is 9.59 Å². The summed E-state index contributed by atoms with van der Waals surface area (Å²) in [4.78, 5) is 25.3. The van der Waals surface area contributed by atoms with E-state index in [2.05, 4.69) is 10.6 Å². The van der Waals surface area contributed by atoms with Crippen LogP contribution in [0.25, 0.3) is 0 Å². The minimum absolute atomic E-state index is 0.0663. The second-order valence-corrected chi connectivity index (χ2v) is 10.7. The number of aromatic nitrogens is 4. The molecular weight excluding hydrogens is 646 g/mol. The lowest BCUT2D eigenvalue weighted by Gasteiger charge is -2.17. The van der Waals surface area contributed by atoms with Gasteiger partial charge in [-0.2, -0.15) is 26.3 Å². The minimum Gasteiger partial charge on any atom is -0.457 e. The normalized spacial score (nSPS) is 11.7. The fourth-order valence-electron chi connectivity index (χ4n) is 4.86. The Morgan fingerprint density at radius 2 is 0.979 bits per heavy atom. The molecule has 2 aromatic heterocycles. The minimum atomic E-state index is -4.85. The average molecular weight is 675 g/mol. The standard InChI is InChI=1S/C32H26F6N6O4/c1-41-13-14-42(2)29(41)27(45)39-19-5-11-25(23(17-19)31(33,34)35)47-21-7-9-22(10-8-21)48-26-12-6-20(18-24(26)32(36,37)38)40-28(46)30-43(3)15-16-44(30)4/h5-18H,1-4H3/p+2. The van der Waals surface area contributed by atoms with Gasteiger partial charge in [0, 0.05) is 11.4 Å². The number of benzene rings is 3. The quantitative estimate of drug-likeness (QED) is 0.153. The molecule has 5 aromatic rings. The Morgan fingerprint density at radius 1 is 0.625 bits per heavy atom. The van der Waals surface area contributed by atoms with Crippen molar-refractivity contribution in [2.75, 3.05) is 10.6 Å². The van der Waals surface area contributed by atoms with E-state index in [-0.39, 0.29) is 34.5 Å². The monoisotopic (exact) mass is 674 g/mol. The highest BCUT2D eigenvalue weighted by molar-refractivity contribution is 6.01. The van der Waals surface area contributed by atoms with Crippen LogP contribution >= 0.6 is 0 Å². The van der Waals surface area contributed by atoms with Crippen LogP contribution in [0.15, 0.2) is 85.5 Å². The second-order valence-electron chi connectivity index (χ2n) is 10.7. The first kappa shape index (κ1) is 33.6. The number of hydrogen-bond donors (Lipinski definition) is 2. The third-order valence-electron chi connectivity index (χ3n) is 7.14. The largest absolute Gasteiger partial charge is 0.457 e. The summed E-state index contributed by atoms with van der Waals surface area (Å²) in [6.45, 7) is 0. The van der Waals surface area contributed by atoms with Crippen molar-refractivity contribution in [2.45, 2.75) is 12.4 Å². The van der Waals surface area contributed by atoms with Crippen LogP contribution in [0.3, 0.4) is 0 Å². The van der Waals surface area contributed by atoms with Crippen molar-refractivity contribution < 1.29 is 54.5 Å². The molecule has 0 aliphatic heterocycles. The number of imidazole rings is 2. The topological polar surface area (TPSA) is 94.3 Å². The third kappa shape index (κ3) is 7.27. The molecule has 250 valence electrons. The molecule has 48 heavy (non-hydrogen) atoms. The Labute approximate surface area is 269 Å². The maximum atomic E-state index is 14.0. The van der Waals surface area contributed by atoms with Gasteiger partial charge in [0.2, 0.25) is 0 Å². The summed E-state index contributed by atoms with van der Waals surface area (Å²) < 4.78 is 101. The zero-order valence-electron chi connectivity index (χ0n) is 25.8. The molecule has 0 aliphatic rings. The molecule has 0 spiro atoms. The van der Waals surface area contributed by atoms with Gasteiger partial charge in [-0.25, -0.2) is 18.3 Å². The summed E-state index contributed by atoms with van der Waals surface area (Å²) in [5.74, 6) is -2.12. The van der Waals surface area contributed by atoms with E-state index in [0.29, 0.717) is 0 Å². The van der Waals surface area contributed by atoms with E-state index in [1.165, 1.54) is 54.7 Å². The Morgan fingerprint density at radius 3 is 1.27 bits per heavy atom. The first-order valence-corrected chi connectivity index (χ1v) is 14.0. The molecule has 2 amide bonds. The van der Waals surface area contributed by atoms with Crippen LogP contribution in [0, 0.1) is 0 Å². The molecule has 0 unspecified atom stereocenters. The smallest absolute Gasteiger partial charge is 0.420 e. The Balaban J connectivity index is 1.32. The van der Waals surface area contributed by atoms with Crippen LogP contribution in [0.2, 0.25) is 0 Å². The average Bonchev–Trinajstić information content (AvgIpc) is 3.53. The molecule has 2 heterocycles. The molecule has 0 radical (unpaired) electrons. The predicted octanol–water partition coefficient (Wildman–Crippen LogP) is 6.14. The fraction of sp³-hybridized carbons (Fsp3) is 0.188. The summed E-state index contributed by atoms with van der Waals surface area (Å²) >= 11 is 0. The maximum absolute atomic E-state index is 14.0. The molecule has 16 heteroatoms. The van der Waals surface area contributed by atoms with Crippen LogP contribution in [-0.2, 0) is 40.5 Å². The van der Waals surface area contributed by atoms with Crippen LogP contribution in [0.5, 0.6) is 23.0 Å². The van der Waals surface area contributed by atoms with E-state index in [1.807, 2.05) is 0 Å². The lowest BCUT2D eigenvalue weighted by Crippen LogP contribution is -2.37. The first-order chi connectivity index (χ1) is 22.5. The van der Waals surface area contributed by atoms with E-state index >= 15 is 0 Å². The number of alkyl halides is 6. The summed E-state index contributed by atoms with van der Waals surface area (Å²) in [5.41, 5.74) is -2.58. The molecule has 0 aliphatic carbocycles. The first-order valence-electron chi connectivity index (χ1n) is 14.0. The molecule has 0 fully saturated rings. The molecule has 0 saturated carbocycles. The zero-order chi connectivity index (χ0) is 35.0. The summed E-state index contributed by atoms with van der Waals surface area (Å²) in [6.07, 6.45) is -3.25. The number of carbonyl (C=O) groups is 2. The highest BCUT2D eigenvalue weighted by Gasteiger charge is 2.37. The van der Waals surface area contributed by atoms with E-state index in [9.17, 15) is 35.9 Å². The molecule has 0 bridgehead atoms. The SMILES string of the molecule is Cn1cc[n+](C)c1C(=O)Nc1ccc(Oc2ccc(Oc3ccc(NC(=O)c4n(C)cc[n+]4C)cc3C(F)(F)F)cc2)c(C(F)(F)F)c1.